The van der Waals surface area contributed by atoms with Gasteiger partial charge in [-0.05, 0) is 69.3 Å². The molecule has 0 saturated heterocycles. The van der Waals surface area contributed by atoms with Gasteiger partial charge in [0.2, 0.25) is 10.0 Å². The number of nitrogens with zero attached hydrogens (tertiary/aromatic N) is 2. The predicted octanol–water partition coefficient (Wildman–Crippen LogP) is 7.55. The third kappa shape index (κ3) is 8.16. The lowest BCUT2D eigenvalue weighted by atomic mass is 10.1. The van der Waals surface area contributed by atoms with Crippen molar-refractivity contribution in [3.63, 3.8) is 0 Å². The molecule has 0 saturated carbocycles. The first kappa shape index (κ1) is 33.4. The van der Waals surface area contributed by atoms with Crippen LogP contribution in [0, 0.1) is 0 Å². The summed E-state index contributed by atoms with van der Waals surface area (Å²) in [5.74, 6) is 0.496. The van der Waals surface area contributed by atoms with Gasteiger partial charge in [0, 0.05) is 30.9 Å². The van der Waals surface area contributed by atoms with Crippen LogP contribution in [0.2, 0.25) is 0 Å². The molecule has 236 valence electrons. The average molecular weight is 639 g/mol. The molecule has 0 spiro atoms. The van der Waals surface area contributed by atoms with Gasteiger partial charge in [0.15, 0.2) is 0 Å². The molecule has 1 unspecified atom stereocenters. The summed E-state index contributed by atoms with van der Waals surface area (Å²) in [6.45, 7) is 8.16. The second kappa shape index (κ2) is 14.5. The van der Waals surface area contributed by atoms with Crippen molar-refractivity contribution in [3.8, 4) is 11.5 Å². The van der Waals surface area contributed by atoms with E-state index in [1.54, 1.807) is 38.3 Å². The second-order valence-electron chi connectivity index (χ2n) is 11.6. The number of benzene rings is 3. The predicted molar refractivity (Wildman–Crippen MR) is 176 cm³/mol. The highest BCUT2D eigenvalue weighted by atomic mass is 32.2. The van der Waals surface area contributed by atoms with Gasteiger partial charge in [-0.2, -0.15) is 4.31 Å². The van der Waals surface area contributed by atoms with Crippen LogP contribution in [0.1, 0.15) is 52.5 Å². The SMILES string of the molecule is CCCCC1CN(c2ccccc2)c2cc(SC)c(O/C=C\C(=O)OC(C)(C)C)cc2S(=O)(=O)N1Cc1ccc(OC)cc1. The molecule has 0 aliphatic carbocycles. The van der Waals surface area contributed by atoms with Crippen LogP contribution in [0.25, 0.3) is 0 Å². The van der Waals surface area contributed by atoms with Crippen molar-refractivity contribution in [2.45, 2.75) is 74.9 Å². The number of rotatable bonds is 11. The van der Waals surface area contributed by atoms with E-state index in [4.69, 9.17) is 14.2 Å². The monoisotopic (exact) mass is 638 g/mol. The van der Waals surface area contributed by atoms with Crippen LogP contribution in [0.5, 0.6) is 11.5 Å². The number of ether oxygens (including phenoxy) is 3. The van der Waals surface area contributed by atoms with Crippen molar-refractivity contribution in [1.82, 2.24) is 4.31 Å². The first-order chi connectivity index (χ1) is 21.0. The van der Waals surface area contributed by atoms with Crippen molar-refractivity contribution in [2.75, 3.05) is 24.8 Å². The van der Waals surface area contributed by atoms with Crippen LogP contribution < -0.4 is 14.4 Å². The zero-order valence-corrected chi connectivity index (χ0v) is 27.9. The number of thioether (sulfide) groups is 1. The van der Waals surface area contributed by atoms with E-state index < -0.39 is 21.6 Å². The molecule has 8 nitrogen and oxygen atoms in total. The van der Waals surface area contributed by atoms with Crippen molar-refractivity contribution < 1.29 is 27.4 Å². The lowest BCUT2D eigenvalue weighted by Crippen LogP contribution is -2.43. The summed E-state index contributed by atoms with van der Waals surface area (Å²) in [7, 11) is -2.40. The third-order valence-corrected chi connectivity index (χ3v) is 9.87. The van der Waals surface area contributed by atoms with Crippen LogP contribution in [0.4, 0.5) is 11.4 Å². The van der Waals surface area contributed by atoms with Gasteiger partial charge in [0.05, 0.1) is 30.0 Å². The fraction of sp³-hybridized carbons (Fsp3) is 0.382. The highest BCUT2D eigenvalue weighted by Crippen LogP contribution is 2.44. The van der Waals surface area contributed by atoms with Crippen molar-refractivity contribution in [3.05, 3.63) is 84.6 Å². The summed E-state index contributed by atoms with van der Waals surface area (Å²) in [4.78, 5) is 15.2. The van der Waals surface area contributed by atoms with E-state index in [9.17, 15) is 13.2 Å². The minimum Gasteiger partial charge on any atom is -0.497 e. The molecule has 0 amide bonds. The molecule has 1 heterocycles. The molecule has 4 rings (SSSR count). The third-order valence-electron chi connectivity index (χ3n) is 7.19. The van der Waals surface area contributed by atoms with Crippen LogP contribution in [0.15, 0.2) is 88.9 Å². The summed E-state index contributed by atoms with van der Waals surface area (Å²) in [6.07, 6.45) is 6.89. The zero-order chi connectivity index (χ0) is 31.9. The maximum Gasteiger partial charge on any atom is 0.334 e. The highest BCUT2D eigenvalue weighted by Gasteiger charge is 2.40. The fourth-order valence-electron chi connectivity index (χ4n) is 5.07. The van der Waals surface area contributed by atoms with E-state index in [1.165, 1.54) is 24.1 Å². The molecular formula is C34H42N2O6S2. The largest absolute Gasteiger partial charge is 0.497 e. The van der Waals surface area contributed by atoms with Gasteiger partial charge >= 0.3 is 5.97 Å². The van der Waals surface area contributed by atoms with Crippen LogP contribution in [-0.2, 0) is 26.1 Å². The minimum atomic E-state index is -4.01. The van der Waals surface area contributed by atoms with Gasteiger partial charge in [0.1, 0.15) is 22.0 Å². The average Bonchev–Trinajstić information content (AvgIpc) is 3.07. The molecule has 1 aliphatic heterocycles. The summed E-state index contributed by atoms with van der Waals surface area (Å²) in [5, 5.41) is 0. The Hall–Kier alpha value is -3.47. The second-order valence-corrected chi connectivity index (χ2v) is 14.3. The molecule has 1 aliphatic rings. The van der Waals surface area contributed by atoms with Gasteiger partial charge in [-0.15, -0.1) is 11.8 Å². The van der Waals surface area contributed by atoms with E-state index in [1.807, 2.05) is 66.9 Å². The number of carbonyl (C=O) groups excluding carboxylic acids is 1. The number of esters is 1. The quantitative estimate of drug-likeness (QED) is 0.0921. The first-order valence-electron chi connectivity index (χ1n) is 14.7. The highest BCUT2D eigenvalue weighted by molar-refractivity contribution is 7.98. The number of carbonyl (C=O) groups is 1. The Kier molecular flexibility index (Phi) is 11.0. The van der Waals surface area contributed by atoms with Crippen LogP contribution in [-0.4, -0.2) is 50.2 Å². The topological polar surface area (TPSA) is 85.4 Å². The van der Waals surface area contributed by atoms with Gasteiger partial charge in [-0.1, -0.05) is 50.1 Å². The Morgan fingerprint density at radius 1 is 1.07 bits per heavy atom. The van der Waals surface area contributed by atoms with Crippen molar-refractivity contribution in [1.29, 1.82) is 0 Å². The van der Waals surface area contributed by atoms with E-state index in [0.717, 1.165) is 29.0 Å². The van der Waals surface area contributed by atoms with Crippen LogP contribution in [0.3, 0.4) is 0 Å². The normalized spacial score (nSPS) is 16.8. The van der Waals surface area contributed by atoms with E-state index >= 15 is 0 Å². The number of hydrogen-bond acceptors (Lipinski definition) is 8. The van der Waals surface area contributed by atoms with Gasteiger partial charge in [-0.3, -0.25) is 0 Å². The Morgan fingerprint density at radius 3 is 2.39 bits per heavy atom. The molecule has 10 heteroatoms. The van der Waals surface area contributed by atoms with E-state index in [0.29, 0.717) is 30.2 Å². The Bertz CT molecular complexity index is 1550. The summed E-state index contributed by atoms with van der Waals surface area (Å²) in [6, 6.07) is 20.5. The molecule has 1 atom stereocenters. The Labute approximate surface area is 266 Å². The maximum absolute atomic E-state index is 14.7. The molecule has 0 aromatic heterocycles. The number of unbranched alkanes of at least 4 members (excludes halogenated alkanes) is 1. The summed E-state index contributed by atoms with van der Waals surface area (Å²) in [5.41, 5.74) is 1.71. The first-order valence-corrected chi connectivity index (χ1v) is 17.4. The number of anilines is 2. The molecular weight excluding hydrogens is 597 g/mol. The lowest BCUT2D eigenvalue weighted by Gasteiger charge is -2.31. The maximum atomic E-state index is 14.7. The molecule has 0 fully saturated rings. The smallest absolute Gasteiger partial charge is 0.334 e. The number of para-hydroxylation sites is 1. The van der Waals surface area contributed by atoms with Gasteiger partial charge in [0.25, 0.3) is 0 Å². The summed E-state index contributed by atoms with van der Waals surface area (Å²) < 4.78 is 47.6. The number of fused-ring (bicyclic) bond motifs is 1. The van der Waals surface area contributed by atoms with E-state index in [-0.39, 0.29) is 17.5 Å². The standard InChI is InChI=1S/C34H42N2O6S2/c1-7-8-12-27-24-35(26-13-10-9-11-14-26)29-21-31(43-6)30(41-20-19-33(37)42-34(2,3)4)22-32(29)44(38,39)36(27)23-25-15-17-28(40-5)18-16-25/h9-11,13-22,27H,7-8,12,23-24H2,1-6H3/b20-19-. The Morgan fingerprint density at radius 2 is 1.77 bits per heavy atom. The van der Waals surface area contributed by atoms with Gasteiger partial charge < -0.3 is 19.1 Å². The molecule has 44 heavy (non-hydrogen) atoms. The molecule has 3 aromatic carbocycles. The summed E-state index contributed by atoms with van der Waals surface area (Å²) >= 11 is 1.44. The van der Waals surface area contributed by atoms with Crippen LogP contribution >= 0.6 is 11.8 Å². The molecule has 0 N–H and O–H groups in total. The molecule has 3 aromatic rings. The van der Waals surface area contributed by atoms with Gasteiger partial charge in [-0.25, -0.2) is 13.2 Å². The number of sulfonamides is 1. The minimum absolute atomic E-state index is 0.146. The molecule has 0 bridgehead atoms. The number of hydrogen-bond donors (Lipinski definition) is 0. The van der Waals surface area contributed by atoms with Crippen molar-refractivity contribution in [2.24, 2.45) is 0 Å². The lowest BCUT2D eigenvalue weighted by molar-refractivity contribution is -0.148. The Balaban J connectivity index is 1.84. The molecule has 0 radical (unpaired) electrons. The van der Waals surface area contributed by atoms with E-state index in [2.05, 4.69) is 11.8 Å². The number of methoxy groups -OCH3 is 1. The van der Waals surface area contributed by atoms with Crippen molar-refractivity contribution >= 4 is 39.1 Å². The fourth-order valence-corrected chi connectivity index (χ4v) is 7.44. The zero-order valence-electron chi connectivity index (χ0n) is 26.3.